The molecule has 0 saturated carbocycles. The lowest BCUT2D eigenvalue weighted by Crippen LogP contribution is -2.29. The van der Waals surface area contributed by atoms with Crippen molar-refractivity contribution in [1.82, 2.24) is 9.89 Å². The molecule has 1 aromatic heterocycles. The molecule has 0 N–H and O–H groups in total. The molecule has 0 aliphatic carbocycles. The van der Waals surface area contributed by atoms with Crippen LogP contribution in [0, 0.1) is 10.1 Å². The Balaban J connectivity index is 3.26. The Labute approximate surface area is 83.0 Å². The molecule has 1 aromatic rings. The first kappa shape index (κ1) is 10.5. The molecule has 0 fully saturated rings. The molecule has 14 heavy (non-hydrogen) atoms. The largest absolute Gasteiger partial charge is 0.488 e. The average Bonchev–Trinajstić information content (AvgIpc) is 2.13. The molecule has 0 spiro atoms. The fourth-order valence-corrected chi connectivity index (χ4v) is 0.961. The van der Waals surface area contributed by atoms with E-state index < -0.39 is 10.6 Å². The molecule has 1 rings (SSSR count). The van der Waals surface area contributed by atoms with Gasteiger partial charge in [0.05, 0.1) is 21.5 Å². The number of halogens is 1. The molecule has 7 nitrogen and oxygen atoms in total. The van der Waals surface area contributed by atoms with E-state index in [4.69, 9.17) is 16.3 Å². The zero-order valence-electron chi connectivity index (χ0n) is 7.14. The van der Waals surface area contributed by atoms with Gasteiger partial charge in [-0.05, 0) is 6.92 Å². The third kappa shape index (κ3) is 1.82. The molecule has 0 aliphatic rings. The van der Waals surface area contributed by atoms with Crippen molar-refractivity contribution >= 4 is 11.6 Å². The maximum atomic E-state index is 11.2. The predicted octanol–water partition coefficient (Wildman–Crippen LogP) is 0.335. The SMILES string of the molecule is CCOc1cnn([N+](=O)[O-])c(=O)c1Cl. The molecule has 0 bridgehead atoms. The van der Waals surface area contributed by atoms with E-state index in [1.165, 1.54) is 0 Å². The van der Waals surface area contributed by atoms with Gasteiger partial charge in [0.25, 0.3) is 0 Å². The van der Waals surface area contributed by atoms with Crippen molar-refractivity contribution < 1.29 is 9.77 Å². The summed E-state index contributed by atoms with van der Waals surface area (Å²) in [6, 6.07) is 0. The molecule has 1 heterocycles. The van der Waals surface area contributed by atoms with E-state index in [1.54, 1.807) is 6.92 Å². The molecule has 8 heteroatoms. The van der Waals surface area contributed by atoms with Crippen molar-refractivity contribution in [2.24, 2.45) is 0 Å². The van der Waals surface area contributed by atoms with Crippen LogP contribution in [0.15, 0.2) is 11.0 Å². The lowest BCUT2D eigenvalue weighted by Gasteiger charge is -2.01. The summed E-state index contributed by atoms with van der Waals surface area (Å²) in [6.07, 6.45) is 1.02. The van der Waals surface area contributed by atoms with Gasteiger partial charge in [0.1, 0.15) is 0 Å². The van der Waals surface area contributed by atoms with Gasteiger partial charge < -0.3 is 14.9 Å². The first-order valence-corrected chi connectivity index (χ1v) is 4.01. The highest BCUT2D eigenvalue weighted by molar-refractivity contribution is 6.31. The first-order chi connectivity index (χ1) is 6.57. The molecule has 0 atom stereocenters. The van der Waals surface area contributed by atoms with Crippen LogP contribution in [0.2, 0.25) is 5.02 Å². The second kappa shape index (κ2) is 4.05. The number of hydrogen-bond donors (Lipinski definition) is 0. The minimum Gasteiger partial charge on any atom is -0.488 e. The van der Waals surface area contributed by atoms with Gasteiger partial charge in [0.15, 0.2) is 10.8 Å². The Morgan fingerprint density at radius 2 is 2.43 bits per heavy atom. The summed E-state index contributed by atoms with van der Waals surface area (Å²) in [7, 11) is 0. The third-order valence-corrected chi connectivity index (χ3v) is 1.67. The normalized spacial score (nSPS) is 9.86. The van der Waals surface area contributed by atoms with Gasteiger partial charge in [0.2, 0.25) is 6.20 Å². The van der Waals surface area contributed by atoms with Gasteiger partial charge in [-0.15, -0.1) is 0 Å². The number of aromatic nitrogens is 2. The van der Waals surface area contributed by atoms with Crippen molar-refractivity contribution in [2.75, 3.05) is 6.61 Å². The number of rotatable bonds is 3. The highest BCUT2D eigenvalue weighted by Crippen LogP contribution is 2.17. The van der Waals surface area contributed by atoms with Crippen LogP contribution in [0.1, 0.15) is 6.92 Å². The second-order valence-corrected chi connectivity index (χ2v) is 2.57. The fourth-order valence-electron chi connectivity index (χ4n) is 0.782. The van der Waals surface area contributed by atoms with E-state index in [1.807, 2.05) is 0 Å². The summed E-state index contributed by atoms with van der Waals surface area (Å²) >= 11 is 5.52. The summed E-state index contributed by atoms with van der Waals surface area (Å²) in [5.74, 6) is 0.0391. The smallest absolute Gasteiger partial charge is 0.356 e. The van der Waals surface area contributed by atoms with Crippen molar-refractivity contribution in [1.29, 1.82) is 0 Å². The quantitative estimate of drug-likeness (QED) is 0.540. The Hall–Kier alpha value is -1.63. The molecule has 0 amide bonds. The van der Waals surface area contributed by atoms with Crippen LogP contribution in [0.5, 0.6) is 5.75 Å². The maximum absolute atomic E-state index is 11.2. The highest BCUT2D eigenvalue weighted by atomic mass is 35.5. The van der Waals surface area contributed by atoms with Gasteiger partial charge in [-0.2, -0.15) is 0 Å². The Kier molecular flexibility index (Phi) is 3.03. The van der Waals surface area contributed by atoms with E-state index in [2.05, 4.69) is 5.10 Å². The topological polar surface area (TPSA) is 87.3 Å². The van der Waals surface area contributed by atoms with Crippen LogP contribution in [-0.4, -0.2) is 21.5 Å². The number of hydrogen-bond acceptors (Lipinski definition) is 5. The van der Waals surface area contributed by atoms with E-state index in [-0.39, 0.29) is 15.6 Å². The summed E-state index contributed by atoms with van der Waals surface area (Å²) < 4.78 is 4.92. The van der Waals surface area contributed by atoms with Crippen molar-refractivity contribution in [3.8, 4) is 5.75 Å². The highest BCUT2D eigenvalue weighted by Gasteiger charge is 2.16. The van der Waals surface area contributed by atoms with Crippen LogP contribution in [0.25, 0.3) is 0 Å². The Bertz CT molecular complexity index is 416. The van der Waals surface area contributed by atoms with Gasteiger partial charge in [-0.25, -0.2) is 0 Å². The Morgan fingerprint density at radius 3 is 2.93 bits per heavy atom. The molecule has 76 valence electrons. The number of ether oxygens (including phenoxy) is 1. The van der Waals surface area contributed by atoms with Crippen LogP contribution < -0.4 is 10.3 Å². The van der Waals surface area contributed by atoms with Crippen LogP contribution in [0.3, 0.4) is 0 Å². The monoisotopic (exact) mass is 219 g/mol. The molecular weight excluding hydrogens is 214 g/mol. The molecule has 0 aliphatic heterocycles. The fraction of sp³-hybridized carbons (Fsp3) is 0.333. The maximum Gasteiger partial charge on any atom is 0.356 e. The van der Waals surface area contributed by atoms with Gasteiger partial charge in [-0.1, -0.05) is 11.6 Å². The second-order valence-electron chi connectivity index (χ2n) is 2.19. The summed E-state index contributed by atoms with van der Waals surface area (Å²) in [5, 5.41) is 12.2. The zero-order valence-corrected chi connectivity index (χ0v) is 7.89. The number of nitro groups is 1. The van der Waals surface area contributed by atoms with E-state index in [9.17, 15) is 14.9 Å². The van der Waals surface area contributed by atoms with E-state index >= 15 is 0 Å². The molecular formula is C6H6ClN3O4. The Morgan fingerprint density at radius 1 is 1.79 bits per heavy atom. The van der Waals surface area contributed by atoms with Gasteiger partial charge in [0, 0.05) is 0 Å². The zero-order chi connectivity index (χ0) is 10.7. The minimum atomic E-state index is -1.01. The van der Waals surface area contributed by atoms with Crippen LogP contribution in [0.4, 0.5) is 0 Å². The van der Waals surface area contributed by atoms with Gasteiger partial charge in [-0.3, -0.25) is 4.79 Å². The van der Waals surface area contributed by atoms with Crippen molar-refractivity contribution in [3.63, 3.8) is 0 Å². The van der Waals surface area contributed by atoms with Crippen molar-refractivity contribution in [2.45, 2.75) is 6.92 Å². The molecule has 0 aromatic carbocycles. The van der Waals surface area contributed by atoms with Crippen LogP contribution in [-0.2, 0) is 0 Å². The van der Waals surface area contributed by atoms with Gasteiger partial charge >= 0.3 is 5.56 Å². The molecule has 0 saturated heterocycles. The predicted molar refractivity (Wildman–Crippen MR) is 47.1 cm³/mol. The molecule has 0 radical (unpaired) electrons. The summed E-state index contributed by atoms with van der Waals surface area (Å²) in [5.41, 5.74) is -1.01. The first-order valence-electron chi connectivity index (χ1n) is 3.63. The lowest BCUT2D eigenvalue weighted by atomic mass is 10.5. The standard InChI is InChI=1S/C6H6ClN3O4/c1-2-14-4-3-8-9(10(12)13)6(11)5(4)7/h3H,2H2,1H3. The minimum absolute atomic E-state index is 0.0391. The summed E-state index contributed by atoms with van der Waals surface area (Å²) in [4.78, 5) is 21.4. The average molecular weight is 220 g/mol. The van der Waals surface area contributed by atoms with E-state index in [0.29, 0.717) is 6.61 Å². The number of nitrogens with zero attached hydrogens (tertiary/aromatic N) is 3. The lowest BCUT2D eigenvalue weighted by molar-refractivity contribution is -0.556. The summed E-state index contributed by atoms with van der Waals surface area (Å²) in [6.45, 7) is 1.98. The van der Waals surface area contributed by atoms with Crippen LogP contribution >= 0.6 is 11.6 Å². The third-order valence-electron chi connectivity index (χ3n) is 1.32. The molecule has 0 unspecified atom stereocenters. The van der Waals surface area contributed by atoms with Crippen molar-refractivity contribution in [3.05, 3.63) is 31.7 Å². The van der Waals surface area contributed by atoms with E-state index in [0.717, 1.165) is 6.20 Å².